The molecule has 1 heterocycles. The molecule has 0 aliphatic rings. The summed E-state index contributed by atoms with van der Waals surface area (Å²) in [5.41, 5.74) is 5.80. The fourth-order valence-corrected chi connectivity index (χ4v) is 1.34. The van der Waals surface area contributed by atoms with Gasteiger partial charge in [0.15, 0.2) is 0 Å². The van der Waals surface area contributed by atoms with Crippen LogP contribution in [0.4, 0.5) is 0 Å². The Balaban J connectivity index is 2.40. The minimum Gasteiger partial charge on any atom is -0.343 e. The highest BCUT2D eigenvalue weighted by Gasteiger charge is 2.20. The Labute approximate surface area is 96.2 Å². The first-order valence-corrected chi connectivity index (χ1v) is 5.50. The molecule has 5 heteroatoms. The van der Waals surface area contributed by atoms with Gasteiger partial charge in [0.2, 0.25) is 5.91 Å². The summed E-state index contributed by atoms with van der Waals surface area (Å²) in [6.45, 7) is 5.22. The van der Waals surface area contributed by atoms with Crippen LogP contribution >= 0.6 is 0 Å². The molecule has 0 fully saturated rings. The molecule has 0 radical (unpaired) electrons. The standard InChI is InChI=1S/C11H20N4O/c1-9(2)10(12)11(16)14(3)7-8-15-6-4-5-13-15/h4-6,9-10H,7-8,12H2,1-3H3/t10-/m0/s1. The average Bonchev–Trinajstić information content (AvgIpc) is 2.76. The maximum absolute atomic E-state index is 11.8. The molecule has 0 saturated heterocycles. The van der Waals surface area contributed by atoms with Crippen LogP contribution in [0.2, 0.25) is 0 Å². The maximum atomic E-state index is 11.8. The SMILES string of the molecule is CC(C)[C@H](N)C(=O)N(C)CCn1cccn1. The summed E-state index contributed by atoms with van der Waals surface area (Å²) < 4.78 is 1.80. The van der Waals surface area contributed by atoms with Gasteiger partial charge in [-0.3, -0.25) is 9.48 Å². The molecule has 1 rings (SSSR count). The third kappa shape index (κ3) is 3.34. The van der Waals surface area contributed by atoms with Gasteiger partial charge in [0.25, 0.3) is 0 Å². The van der Waals surface area contributed by atoms with Gasteiger partial charge in [-0.25, -0.2) is 0 Å². The zero-order chi connectivity index (χ0) is 12.1. The van der Waals surface area contributed by atoms with Crippen molar-refractivity contribution in [3.05, 3.63) is 18.5 Å². The van der Waals surface area contributed by atoms with Crippen LogP contribution in [0.15, 0.2) is 18.5 Å². The number of nitrogens with two attached hydrogens (primary N) is 1. The fourth-order valence-electron chi connectivity index (χ4n) is 1.34. The Morgan fingerprint density at radius 1 is 1.56 bits per heavy atom. The number of aromatic nitrogens is 2. The van der Waals surface area contributed by atoms with Crippen LogP contribution in [-0.4, -0.2) is 40.2 Å². The normalized spacial score (nSPS) is 12.8. The van der Waals surface area contributed by atoms with Crippen LogP contribution in [0.25, 0.3) is 0 Å². The third-order valence-corrected chi connectivity index (χ3v) is 2.60. The number of carbonyl (C=O) groups is 1. The van der Waals surface area contributed by atoms with E-state index in [0.29, 0.717) is 13.1 Å². The minimum absolute atomic E-state index is 0.0119. The van der Waals surface area contributed by atoms with Gasteiger partial charge in [0, 0.05) is 26.0 Å². The number of carbonyl (C=O) groups excluding carboxylic acids is 1. The number of nitrogens with zero attached hydrogens (tertiary/aromatic N) is 3. The largest absolute Gasteiger partial charge is 0.343 e. The van der Waals surface area contributed by atoms with Gasteiger partial charge < -0.3 is 10.6 Å². The maximum Gasteiger partial charge on any atom is 0.239 e. The van der Waals surface area contributed by atoms with E-state index in [4.69, 9.17) is 5.73 Å². The molecule has 90 valence electrons. The van der Waals surface area contributed by atoms with Gasteiger partial charge in [0.1, 0.15) is 0 Å². The monoisotopic (exact) mass is 224 g/mol. The smallest absolute Gasteiger partial charge is 0.239 e. The molecular formula is C11H20N4O. The van der Waals surface area contributed by atoms with Crippen LogP contribution in [0, 0.1) is 5.92 Å². The zero-order valence-electron chi connectivity index (χ0n) is 10.1. The summed E-state index contributed by atoms with van der Waals surface area (Å²) in [6.07, 6.45) is 3.60. The highest BCUT2D eigenvalue weighted by atomic mass is 16.2. The van der Waals surface area contributed by atoms with Crippen LogP contribution in [0.5, 0.6) is 0 Å². The highest BCUT2D eigenvalue weighted by Crippen LogP contribution is 2.02. The van der Waals surface area contributed by atoms with E-state index >= 15 is 0 Å². The van der Waals surface area contributed by atoms with Gasteiger partial charge in [-0.1, -0.05) is 13.8 Å². The van der Waals surface area contributed by atoms with Crippen LogP contribution in [0.3, 0.4) is 0 Å². The lowest BCUT2D eigenvalue weighted by Crippen LogP contribution is -2.45. The van der Waals surface area contributed by atoms with Gasteiger partial charge in [-0.05, 0) is 12.0 Å². The molecule has 1 aromatic heterocycles. The average molecular weight is 224 g/mol. The first-order valence-electron chi connectivity index (χ1n) is 5.50. The van der Waals surface area contributed by atoms with Crippen molar-refractivity contribution in [2.24, 2.45) is 11.7 Å². The molecule has 0 aliphatic heterocycles. The van der Waals surface area contributed by atoms with Crippen molar-refractivity contribution in [1.82, 2.24) is 14.7 Å². The second kappa shape index (κ2) is 5.65. The molecule has 0 spiro atoms. The van der Waals surface area contributed by atoms with Crippen molar-refractivity contribution in [2.45, 2.75) is 26.4 Å². The molecule has 0 unspecified atom stereocenters. The Morgan fingerprint density at radius 3 is 2.75 bits per heavy atom. The summed E-state index contributed by atoms with van der Waals surface area (Å²) >= 11 is 0. The van der Waals surface area contributed by atoms with Crippen molar-refractivity contribution in [1.29, 1.82) is 0 Å². The van der Waals surface area contributed by atoms with Crippen molar-refractivity contribution >= 4 is 5.91 Å². The summed E-state index contributed by atoms with van der Waals surface area (Å²) in [6, 6.07) is 1.45. The van der Waals surface area contributed by atoms with E-state index in [1.165, 1.54) is 0 Å². The fraction of sp³-hybridized carbons (Fsp3) is 0.636. The number of hydrogen-bond acceptors (Lipinski definition) is 3. The number of likely N-dealkylation sites (N-methyl/N-ethyl adjacent to an activating group) is 1. The van der Waals surface area contributed by atoms with Crippen LogP contribution < -0.4 is 5.73 Å². The number of rotatable bonds is 5. The molecule has 0 aliphatic carbocycles. The van der Waals surface area contributed by atoms with Gasteiger partial charge in [0.05, 0.1) is 12.6 Å². The molecule has 16 heavy (non-hydrogen) atoms. The lowest BCUT2D eigenvalue weighted by molar-refractivity contribution is -0.132. The third-order valence-electron chi connectivity index (χ3n) is 2.60. The van der Waals surface area contributed by atoms with E-state index < -0.39 is 6.04 Å². The van der Waals surface area contributed by atoms with Crippen molar-refractivity contribution in [2.75, 3.05) is 13.6 Å². The lowest BCUT2D eigenvalue weighted by Gasteiger charge is -2.23. The van der Waals surface area contributed by atoms with E-state index in [-0.39, 0.29) is 11.8 Å². The molecule has 0 bridgehead atoms. The molecule has 1 aromatic rings. The second-order valence-corrected chi connectivity index (χ2v) is 4.30. The van der Waals surface area contributed by atoms with E-state index in [1.807, 2.05) is 26.1 Å². The Kier molecular flexibility index (Phi) is 4.49. The van der Waals surface area contributed by atoms with Crippen molar-refractivity contribution < 1.29 is 4.79 Å². The van der Waals surface area contributed by atoms with Crippen LogP contribution in [-0.2, 0) is 11.3 Å². The van der Waals surface area contributed by atoms with Crippen molar-refractivity contribution in [3.8, 4) is 0 Å². The Hall–Kier alpha value is -1.36. The van der Waals surface area contributed by atoms with Crippen LogP contribution in [0.1, 0.15) is 13.8 Å². The molecule has 0 aromatic carbocycles. The molecule has 2 N–H and O–H groups in total. The predicted molar refractivity (Wildman–Crippen MR) is 62.7 cm³/mol. The number of amides is 1. The van der Waals surface area contributed by atoms with E-state index in [0.717, 1.165) is 0 Å². The second-order valence-electron chi connectivity index (χ2n) is 4.30. The quantitative estimate of drug-likeness (QED) is 0.783. The summed E-state index contributed by atoms with van der Waals surface area (Å²) in [5.74, 6) is 0.154. The molecule has 5 nitrogen and oxygen atoms in total. The zero-order valence-corrected chi connectivity index (χ0v) is 10.1. The molecule has 1 atom stereocenters. The molecule has 1 amide bonds. The molecular weight excluding hydrogens is 204 g/mol. The Bertz CT molecular complexity index is 321. The Morgan fingerprint density at radius 2 is 2.25 bits per heavy atom. The first-order chi connectivity index (χ1) is 7.52. The topological polar surface area (TPSA) is 64.2 Å². The number of hydrogen-bond donors (Lipinski definition) is 1. The predicted octanol–water partition coefficient (Wildman–Crippen LogP) is 0.325. The van der Waals surface area contributed by atoms with E-state index in [9.17, 15) is 4.79 Å². The molecule has 0 saturated carbocycles. The lowest BCUT2D eigenvalue weighted by atomic mass is 10.0. The summed E-state index contributed by atoms with van der Waals surface area (Å²) in [7, 11) is 1.77. The summed E-state index contributed by atoms with van der Waals surface area (Å²) in [4.78, 5) is 13.5. The van der Waals surface area contributed by atoms with E-state index in [2.05, 4.69) is 5.10 Å². The highest BCUT2D eigenvalue weighted by molar-refractivity contribution is 5.81. The first kappa shape index (κ1) is 12.7. The van der Waals surface area contributed by atoms with Gasteiger partial charge in [-0.15, -0.1) is 0 Å². The van der Waals surface area contributed by atoms with Gasteiger partial charge >= 0.3 is 0 Å². The summed E-state index contributed by atoms with van der Waals surface area (Å²) in [5, 5.41) is 4.07. The van der Waals surface area contributed by atoms with Crippen molar-refractivity contribution in [3.63, 3.8) is 0 Å². The minimum atomic E-state index is -0.414. The van der Waals surface area contributed by atoms with Gasteiger partial charge in [-0.2, -0.15) is 5.10 Å². The van der Waals surface area contributed by atoms with E-state index in [1.54, 1.807) is 22.8 Å².